The molecule has 1 atom stereocenters. The molecule has 0 radical (unpaired) electrons. The van der Waals surface area contributed by atoms with Gasteiger partial charge in [0.25, 0.3) is 5.91 Å². The molecule has 0 saturated carbocycles. The van der Waals surface area contributed by atoms with Crippen LogP contribution < -0.4 is 14.8 Å². The summed E-state index contributed by atoms with van der Waals surface area (Å²) in [6.45, 7) is 0. The molecule has 6 nitrogen and oxygen atoms in total. The van der Waals surface area contributed by atoms with Crippen LogP contribution in [-0.4, -0.2) is 45.0 Å². The van der Waals surface area contributed by atoms with Crippen molar-refractivity contribution < 1.29 is 19.1 Å². The summed E-state index contributed by atoms with van der Waals surface area (Å²) in [7, 11) is 6.64. The van der Waals surface area contributed by atoms with E-state index in [0.29, 0.717) is 23.6 Å². The highest BCUT2D eigenvalue weighted by Crippen LogP contribution is 2.34. The second-order valence-corrected chi connectivity index (χ2v) is 7.89. The Balaban J connectivity index is 1.70. The number of nitrogens with one attached hydrogen (secondary N) is 1. The van der Waals surface area contributed by atoms with Crippen LogP contribution in [-0.2, 0) is 17.6 Å². The second-order valence-electron chi connectivity index (χ2n) is 6.76. The van der Waals surface area contributed by atoms with E-state index in [-0.39, 0.29) is 17.7 Å². The number of fused-ring (bicyclic) bond motifs is 1. The molecule has 7 heteroatoms. The van der Waals surface area contributed by atoms with Gasteiger partial charge >= 0.3 is 0 Å². The minimum absolute atomic E-state index is 0.0143. The number of nitrogens with zero attached hydrogens (tertiary/aromatic N) is 1. The van der Waals surface area contributed by atoms with Crippen molar-refractivity contribution in [2.45, 2.75) is 19.3 Å². The van der Waals surface area contributed by atoms with Crippen molar-refractivity contribution >= 4 is 28.8 Å². The number of benzene rings is 1. The van der Waals surface area contributed by atoms with Crippen LogP contribution in [0, 0.1) is 5.92 Å². The number of rotatable bonds is 5. The number of hydrogen-bond acceptors (Lipinski definition) is 5. The van der Waals surface area contributed by atoms with Gasteiger partial charge in [0, 0.05) is 36.6 Å². The predicted octanol–water partition coefficient (Wildman–Crippen LogP) is 3.21. The molecule has 1 N–H and O–H groups in total. The van der Waals surface area contributed by atoms with Gasteiger partial charge in [0.2, 0.25) is 5.91 Å². The molecule has 2 aromatic rings. The van der Waals surface area contributed by atoms with Gasteiger partial charge in [0.05, 0.1) is 19.1 Å². The lowest BCUT2D eigenvalue weighted by atomic mass is 9.87. The van der Waals surface area contributed by atoms with Gasteiger partial charge in [-0.25, -0.2) is 0 Å². The zero-order valence-corrected chi connectivity index (χ0v) is 16.8. The van der Waals surface area contributed by atoms with Crippen LogP contribution in [0.2, 0.25) is 0 Å². The molecule has 27 heavy (non-hydrogen) atoms. The van der Waals surface area contributed by atoms with Crippen LogP contribution in [0.5, 0.6) is 11.5 Å². The Kier molecular flexibility index (Phi) is 5.70. The standard InChI is InChI=1S/C20H24N2O4S/c1-22(2)20(24)18-10-13-9-12(5-8-17(13)27-18)19(23)21-14-6-7-15(25-3)16(11-14)26-4/h6-7,10-12H,5,8-9H2,1-4H3,(H,21,23)/t12-/m0/s1. The van der Waals surface area contributed by atoms with Crippen molar-refractivity contribution in [1.29, 1.82) is 0 Å². The summed E-state index contributed by atoms with van der Waals surface area (Å²) in [6.07, 6.45) is 2.26. The van der Waals surface area contributed by atoms with Crippen molar-refractivity contribution in [1.82, 2.24) is 4.90 Å². The van der Waals surface area contributed by atoms with E-state index in [0.717, 1.165) is 23.3 Å². The zero-order valence-electron chi connectivity index (χ0n) is 16.0. The van der Waals surface area contributed by atoms with E-state index in [2.05, 4.69) is 5.32 Å². The first-order valence-corrected chi connectivity index (χ1v) is 9.60. The molecular weight excluding hydrogens is 364 g/mol. The summed E-state index contributed by atoms with van der Waals surface area (Å²) in [5.74, 6) is 1.09. The summed E-state index contributed by atoms with van der Waals surface area (Å²) in [4.78, 5) is 28.4. The third-order valence-electron chi connectivity index (χ3n) is 4.72. The van der Waals surface area contributed by atoms with Crippen LogP contribution in [0.3, 0.4) is 0 Å². The lowest BCUT2D eigenvalue weighted by molar-refractivity contribution is -0.120. The van der Waals surface area contributed by atoms with Gasteiger partial charge in [-0.1, -0.05) is 0 Å². The number of methoxy groups -OCH3 is 2. The molecule has 3 rings (SSSR count). The number of hydrogen-bond donors (Lipinski definition) is 1. The Hall–Kier alpha value is -2.54. The molecule has 1 aromatic carbocycles. The lowest BCUT2D eigenvalue weighted by Gasteiger charge is -2.21. The number of anilines is 1. The fourth-order valence-corrected chi connectivity index (χ4v) is 4.46. The van der Waals surface area contributed by atoms with Gasteiger partial charge in [0.15, 0.2) is 11.5 Å². The number of carbonyl (C=O) groups is 2. The van der Waals surface area contributed by atoms with Gasteiger partial charge in [-0.05, 0) is 43.0 Å². The Morgan fingerprint density at radius 2 is 1.89 bits per heavy atom. The van der Waals surface area contributed by atoms with E-state index in [9.17, 15) is 9.59 Å². The highest BCUT2D eigenvalue weighted by atomic mass is 32.1. The third kappa shape index (κ3) is 4.08. The molecule has 0 fully saturated rings. The molecule has 1 aliphatic rings. The minimum Gasteiger partial charge on any atom is -0.493 e. The zero-order chi connectivity index (χ0) is 19.6. The van der Waals surface area contributed by atoms with Gasteiger partial charge < -0.3 is 19.7 Å². The highest BCUT2D eigenvalue weighted by molar-refractivity contribution is 7.14. The normalized spacial score (nSPS) is 15.6. The number of aryl methyl sites for hydroxylation is 1. The Morgan fingerprint density at radius 1 is 1.15 bits per heavy atom. The second kappa shape index (κ2) is 8.00. The SMILES string of the molecule is COc1ccc(NC(=O)[C@H]2CCc3sc(C(=O)N(C)C)cc3C2)cc1OC. The first-order chi connectivity index (χ1) is 12.9. The molecule has 2 amide bonds. The minimum atomic E-state index is -0.109. The van der Waals surface area contributed by atoms with Crippen LogP contribution in [0.1, 0.15) is 26.5 Å². The number of ether oxygens (including phenoxy) is 2. The molecule has 0 bridgehead atoms. The maximum Gasteiger partial charge on any atom is 0.263 e. The summed E-state index contributed by atoms with van der Waals surface area (Å²) in [5, 5.41) is 2.97. The smallest absolute Gasteiger partial charge is 0.263 e. The largest absolute Gasteiger partial charge is 0.493 e. The molecule has 144 valence electrons. The summed E-state index contributed by atoms with van der Waals surface area (Å²) in [5.41, 5.74) is 1.79. The molecule has 0 unspecified atom stereocenters. The summed E-state index contributed by atoms with van der Waals surface area (Å²) >= 11 is 1.55. The lowest BCUT2D eigenvalue weighted by Crippen LogP contribution is -2.27. The number of thiophene rings is 1. The molecule has 0 saturated heterocycles. The van der Waals surface area contributed by atoms with Crippen LogP contribution >= 0.6 is 11.3 Å². The predicted molar refractivity (Wildman–Crippen MR) is 106 cm³/mol. The molecule has 0 spiro atoms. The summed E-state index contributed by atoms with van der Waals surface area (Å²) < 4.78 is 10.5. The van der Waals surface area contributed by atoms with Crippen molar-refractivity contribution in [3.8, 4) is 11.5 Å². The fourth-order valence-electron chi connectivity index (χ4n) is 3.23. The molecule has 1 heterocycles. The molecule has 1 aromatic heterocycles. The van der Waals surface area contributed by atoms with E-state index in [4.69, 9.17) is 9.47 Å². The van der Waals surface area contributed by atoms with E-state index in [1.165, 1.54) is 4.88 Å². The van der Waals surface area contributed by atoms with Gasteiger partial charge in [-0.15, -0.1) is 11.3 Å². The van der Waals surface area contributed by atoms with Crippen LogP contribution in [0.15, 0.2) is 24.3 Å². The average Bonchev–Trinajstić information content (AvgIpc) is 3.10. The fraction of sp³-hybridized carbons (Fsp3) is 0.400. The quantitative estimate of drug-likeness (QED) is 0.854. The first-order valence-electron chi connectivity index (χ1n) is 8.79. The van der Waals surface area contributed by atoms with E-state index in [1.807, 2.05) is 6.07 Å². The van der Waals surface area contributed by atoms with E-state index < -0.39 is 0 Å². The van der Waals surface area contributed by atoms with Crippen molar-refractivity contribution in [3.63, 3.8) is 0 Å². The van der Waals surface area contributed by atoms with E-state index in [1.54, 1.807) is 62.8 Å². The maximum absolute atomic E-state index is 12.7. The Morgan fingerprint density at radius 3 is 2.56 bits per heavy atom. The topological polar surface area (TPSA) is 67.9 Å². The third-order valence-corrected chi connectivity index (χ3v) is 5.95. The monoisotopic (exact) mass is 388 g/mol. The van der Waals surface area contributed by atoms with Gasteiger partial charge in [0.1, 0.15) is 0 Å². The summed E-state index contributed by atoms with van der Waals surface area (Å²) in [6, 6.07) is 7.26. The molecule has 1 aliphatic carbocycles. The van der Waals surface area contributed by atoms with Crippen LogP contribution in [0.4, 0.5) is 5.69 Å². The Bertz CT molecular complexity index is 860. The average molecular weight is 388 g/mol. The van der Waals surface area contributed by atoms with Gasteiger partial charge in [-0.2, -0.15) is 0 Å². The number of amides is 2. The van der Waals surface area contributed by atoms with Crippen molar-refractivity contribution in [2.24, 2.45) is 5.92 Å². The van der Waals surface area contributed by atoms with Crippen molar-refractivity contribution in [2.75, 3.05) is 33.6 Å². The highest BCUT2D eigenvalue weighted by Gasteiger charge is 2.28. The van der Waals surface area contributed by atoms with Crippen molar-refractivity contribution in [3.05, 3.63) is 39.6 Å². The first kappa shape index (κ1) is 19.2. The van der Waals surface area contributed by atoms with E-state index >= 15 is 0 Å². The maximum atomic E-state index is 12.7. The van der Waals surface area contributed by atoms with Crippen LogP contribution in [0.25, 0.3) is 0 Å². The molecule has 0 aliphatic heterocycles. The van der Waals surface area contributed by atoms with Gasteiger partial charge in [-0.3, -0.25) is 9.59 Å². The Labute approximate surface area is 163 Å². The molecular formula is C20H24N2O4S. The number of carbonyl (C=O) groups excluding carboxylic acids is 2.